The Morgan fingerprint density at radius 2 is 1.79 bits per heavy atom. The van der Waals surface area contributed by atoms with Gasteiger partial charge in [-0.25, -0.2) is 4.39 Å². The van der Waals surface area contributed by atoms with E-state index < -0.39 is 0 Å². The molecule has 1 saturated heterocycles. The predicted molar refractivity (Wildman–Crippen MR) is 77.9 cm³/mol. The molecule has 1 aliphatic rings. The Hall–Kier alpha value is -0.930. The lowest BCUT2D eigenvalue weighted by Gasteiger charge is -2.14. The van der Waals surface area contributed by atoms with E-state index in [1.54, 1.807) is 0 Å². The Bertz CT molecular complexity index is 388. The molecule has 0 unspecified atom stereocenters. The molecular weight excluding hydrogens is 239 g/mol. The summed E-state index contributed by atoms with van der Waals surface area (Å²) in [5.41, 5.74) is 2.67. The van der Waals surface area contributed by atoms with Crippen molar-refractivity contribution >= 4 is 0 Å². The highest BCUT2D eigenvalue weighted by Gasteiger charge is 2.10. The minimum Gasteiger partial charge on any atom is -0.313 e. The third-order valence-electron chi connectivity index (χ3n) is 3.85. The highest BCUT2D eigenvalue weighted by atomic mass is 19.1. The van der Waals surface area contributed by atoms with Gasteiger partial charge < -0.3 is 10.2 Å². The second kappa shape index (κ2) is 7.01. The molecule has 19 heavy (non-hydrogen) atoms. The van der Waals surface area contributed by atoms with E-state index in [0.29, 0.717) is 0 Å². The van der Waals surface area contributed by atoms with Crippen molar-refractivity contribution in [3.05, 3.63) is 34.6 Å². The van der Waals surface area contributed by atoms with Crippen molar-refractivity contribution in [1.29, 1.82) is 0 Å². The quantitative estimate of drug-likeness (QED) is 0.795. The molecule has 1 N–H and O–H groups in total. The summed E-state index contributed by atoms with van der Waals surface area (Å²) in [6.07, 6.45) is 3.92. The molecule has 106 valence electrons. The Balaban J connectivity index is 1.67. The van der Waals surface area contributed by atoms with E-state index in [-0.39, 0.29) is 5.82 Å². The van der Waals surface area contributed by atoms with Gasteiger partial charge in [0.2, 0.25) is 0 Å². The van der Waals surface area contributed by atoms with Crippen LogP contribution in [0.5, 0.6) is 0 Å². The SMILES string of the molecule is Cc1cc(CNCCCN2CCCC2)cc(C)c1F. The second-order valence-electron chi connectivity index (χ2n) is 5.62. The topological polar surface area (TPSA) is 15.3 Å². The lowest BCUT2D eigenvalue weighted by atomic mass is 10.1. The fraction of sp³-hybridized carbons (Fsp3) is 0.625. The van der Waals surface area contributed by atoms with Gasteiger partial charge in [-0.3, -0.25) is 0 Å². The molecule has 2 rings (SSSR count). The number of halogens is 1. The maximum Gasteiger partial charge on any atom is 0.129 e. The van der Waals surface area contributed by atoms with Gasteiger partial charge in [0, 0.05) is 6.54 Å². The molecule has 1 fully saturated rings. The van der Waals surface area contributed by atoms with Crippen LogP contribution in [0.4, 0.5) is 4.39 Å². The van der Waals surface area contributed by atoms with Gasteiger partial charge in [0.1, 0.15) is 5.82 Å². The van der Waals surface area contributed by atoms with Crippen LogP contribution in [0.15, 0.2) is 12.1 Å². The van der Waals surface area contributed by atoms with Gasteiger partial charge in [0.05, 0.1) is 0 Å². The van der Waals surface area contributed by atoms with E-state index in [4.69, 9.17) is 0 Å². The van der Waals surface area contributed by atoms with Crippen LogP contribution in [0.1, 0.15) is 36.0 Å². The van der Waals surface area contributed by atoms with Crippen LogP contribution < -0.4 is 5.32 Å². The molecule has 0 atom stereocenters. The van der Waals surface area contributed by atoms with E-state index >= 15 is 0 Å². The number of benzene rings is 1. The maximum absolute atomic E-state index is 13.5. The highest BCUT2D eigenvalue weighted by Crippen LogP contribution is 2.14. The van der Waals surface area contributed by atoms with Crippen LogP contribution in [0.3, 0.4) is 0 Å². The number of aryl methyl sites for hydroxylation is 2. The van der Waals surface area contributed by atoms with Gasteiger partial charge in [-0.1, -0.05) is 12.1 Å². The molecule has 3 heteroatoms. The molecule has 1 aromatic rings. The summed E-state index contributed by atoms with van der Waals surface area (Å²) < 4.78 is 13.5. The summed E-state index contributed by atoms with van der Waals surface area (Å²) in [7, 11) is 0. The van der Waals surface area contributed by atoms with Crippen molar-refractivity contribution in [1.82, 2.24) is 10.2 Å². The first-order valence-corrected chi connectivity index (χ1v) is 7.35. The van der Waals surface area contributed by atoms with E-state index in [9.17, 15) is 4.39 Å². The zero-order valence-electron chi connectivity index (χ0n) is 12.1. The molecule has 2 nitrogen and oxygen atoms in total. The monoisotopic (exact) mass is 264 g/mol. The van der Waals surface area contributed by atoms with E-state index in [1.807, 2.05) is 26.0 Å². The zero-order chi connectivity index (χ0) is 13.7. The zero-order valence-corrected chi connectivity index (χ0v) is 12.1. The smallest absolute Gasteiger partial charge is 0.129 e. The van der Waals surface area contributed by atoms with Gasteiger partial charge in [-0.05, 0) is 76.0 Å². The summed E-state index contributed by atoms with van der Waals surface area (Å²) in [5, 5.41) is 3.45. The number of nitrogens with one attached hydrogen (secondary N) is 1. The summed E-state index contributed by atoms with van der Waals surface area (Å²) >= 11 is 0. The normalized spacial score (nSPS) is 16.2. The van der Waals surface area contributed by atoms with Crippen LogP contribution in [0, 0.1) is 19.7 Å². The molecule has 0 aliphatic carbocycles. The Labute approximate surface area is 116 Å². The van der Waals surface area contributed by atoms with Crippen LogP contribution in [0.25, 0.3) is 0 Å². The Kier molecular flexibility index (Phi) is 5.34. The van der Waals surface area contributed by atoms with Crippen LogP contribution in [-0.4, -0.2) is 31.1 Å². The second-order valence-corrected chi connectivity index (χ2v) is 5.62. The average Bonchev–Trinajstić information content (AvgIpc) is 2.88. The largest absolute Gasteiger partial charge is 0.313 e. The van der Waals surface area contributed by atoms with E-state index in [2.05, 4.69) is 10.2 Å². The van der Waals surface area contributed by atoms with Gasteiger partial charge >= 0.3 is 0 Å². The molecule has 1 aliphatic heterocycles. The van der Waals surface area contributed by atoms with Crippen molar-refractivity contribution in [2.45, 2.75) is 39.7 Å². The molecule has 0 aromatic heterocycles. The fourth-order valence-electron chi connectivity index (χ4n) is 2.80. The Morgan fingerprint density at radius 3 is 2.42 bits per heavy atom. The first-order chi connectivity index (χ1) is 9.16. The van der Waals surface area contributed by atoms with E-state index in [0.717, 1.165) is 24.2 Å². The lowest BCUT2D eigenvalue weighted by Crippen LogP contribution is -2.24. The minimum absolute atomic E-state index is 0.0715. The van der Waals surface area contributed by atoms with Crippen LogP contribution >= 0.6 is 0 Å². The number of likely N-dealkylation sites (tertiary alicyclic amines) is 1. The summed E-state index contributed by atoms with van der Waals surface area (Å²) in [6, 6.07) is 3.88. The molecule has 0 bridgehead atoms. The third-order valence-corrected chi connectivity index (χ3v) is 3.85. The number of nitrogens with zero attached hydrogens (tertiary/aromatic N) is 1. The number of rotatable bonds is 6. The van der Waals surface area contributed by atoms with Crippen molar-refractivity contribution in [3.63, 3.8) is 0 Å². The van der Waals surface area contributed by atoms with Crippen molar-refractivity contribution in [3.8, 4) is 0 Å². The van der Waals surface area contributed by atoms with E-state index in [1.165, 1.54) is 44.5 Å². The number of hydrogen-bond acceptors (Lipinski definition) is 2. The molecule has 1 heterocycles. The van der Waals surface area contributed by atoms with Gasteiger partial charge in [0.25, 0.3) is 0 Å². The first kappa shape index (κ1) is 14.5. The third kappa shape index (κ3) is 4.29. The molecular formula is C16H25FN2. The standard InChI is InChI=1S/C16H25FN2/c1-13-10-15(11-14(2)16(13)17)12-18-6-5-9-19-7-3-4-8-19/h10-11,18H,3-9,12H2,1-2H3. The van der Waals surface area contributed by atoms with Crippen molar-refractivity contribution < 1.29 is 4.39 Å². The van der Waals surface area contributed by atoms with Gasteiger partial charge in [0.15, 0.2) is 0 Å². The first-order valence-electron chi connectivity index (χ1n) is 7.35. The number of hydrogen-bond donors (Lipinski definition) is 1. The maximum atomic E-state index is 13.5. The van der Waals surface area contributed by atoms with Gasteiger partial charge in [-0.15, -0.1) is 0 Å². The summed E-state index contributed by atoms with van der Waals surface area (Å²) in [4.78, 5) is 2.54. The summed E-state index contributed by atoms with van der Waals surface area (Å²) in [5.74, 6) is -0.0715. The van der Waals surface area contributed by atoms with Gasteiger partial charge in [-0.2, -0.15) is 0 Å². The molecule has 1 aromatic carbocycles. The van der Waals surface area contributed by atoms with Crippen LogP contribution in [0.2, 0.25) is 0 Å². The molecule has 0 radical (unpaired) electrons. The molecule has 0 saturated carbocycles. The van der Waals surface area contributed by atoms with Crippen molar-refractivity contribution in [2.24, 2.45) is 0 Å². The lowest BCUT2D eigenvalue weighted by molar-refractivity contribution is 0.331. The van der Waals surface area contributed by atoms with Crippen LogP contribution in [-0.2, 0) is 6.54 Å². The fourth-order valence-corrected chi connectivity index (χ4v) is 2.80. The summed E-state index contributed by atoms with van der Waals surface area (Å²) in [6.45, 7) is 9.29. The highest BCUT2D eigenvalue weighted by molar-refractivity contribution is 5.30. The average molecular weight is 264 g/mol. The van der Waals surface area contributed by atoms with Crippen molar-refractivity contribution in [2.75, 3.05) is 26.2 Å². The molecule has 0 spiro atoms. The minimum atomic E-state index is -0.0715. The molecule has 0 amide bonds. The predicted octanol–water partition coefficient (Wildman–Crippen LogP) is 3.02. The Morgan fingerprint density at radius 1 is 1.16 bits per heavy atom.